The number of nitrogens with zero attached hydrogens (tertiary/aromatic N) is 4. The van der Waals surface area contributed by atoms with Crippen LogP contribution in [0.2, 0.25) is 5.02 Å². The van der Waals surface area contributed by atoms with Gasteiger partial charge in [-0.2, -0.15) is 10.4 Å². The minimum Gasteiger partial charge on any atom is -0.422 e. The molecule has 0 radical (unpaired) electrons. The van der Waals surface area contributed by atoms with E-state index in [0.29, 0.717) is 39.8 Å². The minimum atomic E-state index is -1.50. The number of benzene rings is 3. The maximum atomic E-state index is 14.8. The van der Waals surface area contributed by atoms with Crippen LogP contribution < -0.4 is 15.4 Å². The molecule has 2 N–H and O–H groups in total. The van der Waals surface area contributed by atoms with E-state index in [9.17, 15) is 10.1 Å². The van der Waals surface area contributed by atoms with Gasteiger partial charge in [-0.25, -0.2) is 4.68 Å². The van der Waals surface area contributed by atoms with E-state index in [2.05, 4.69) is 6.07 Å². The molecule has 2 aliphatic heterocycles. The SMILES string of the molecule is CCCc1nn(-c2ccccc2)c2c1[C@]1(C(=O)N(Cc3ccccc3Cl)c3ccccc31)C(C#N)=C(N)O2. The van der Waals surface area contributed by atoms with Gasteiger partial charge in [0.1, 0.15) is 17.1 Å². The van der Waals surface area contributed by atoms with Gasteiger partial charge >= 0.3 is 0 Å². The summed E-state index contributed by atoms with van der Waals surface area (Å²) in [5.74, 6) is -0.0468. The Kier molecular flexibility index (Phi) is 5.70. The number of aryl methyl sites for hydroxylation is 1. The predicted molar refractivity (Wildman–Crippen MR) is 145 cm³/mol. The van der Waals surface area contributed by atoms with Crippen LogP contribution in [-0.2, 0) is 23.2 Å². The summed E-state index contributed by atoms with van der Waals surface area (Å²) in [4.78, 5) is 16.5. The number of para-hydroxylation sites is 2. The average molecular weight is 522 g/mol. The number of rotatable bonds is 5. The summed E-state index contributed by atoms with van der Waals surface area (Å²) in [6.07, 6.45) is 1.38. The van der Waals surface area contributed by atoms with Crippen molar-refractivity contribution in [3.05, 3.63) is 118 Å². The van der Waals surface area contributed by atoms with Crippen molar-refractivity contribution in [2.75, 3.05) is 4.90 Å². The number of hydrogen-bond acceptors (Lipinski definition) is 5. The Hall–Kier alpha value is -4.54. The van der Waals surface area contributed by atoms with Crippen molar-refractivity contribution in [3.63, 3.8) is 0 Å². The summed E-state index contributed by atoms with van der Waals surface area (Å²) in [6, 6.07) is 26.7. The van der Waals surface area contributed by atoms with Crippen molar-refractivity contribution in [3.8, 4) is 17.6 Å². The maximum Gasteiger partial charge on any atom is 0.248 e. The lowest BCUT2D eigenvalue weighted by Crippen LogP contribution is -2.46. The highest BCUT2D eigenvalue weighted by molar-refractivity contribution is 6.31. The molecule has 3 heterocycles. The van der Waals surface area contributed by atoms with Crippen LogP contribution in [0, 0.1) is 11.3 Å². The number of carbonyl (C=O) groups is 1. The molecule has 0 saturated carbocycles. The molecule has 38 heavy (non-hydrogen) atoms. The molecule has 3 aromatic carbocycles. The zero-order valence-electron chi connectivity index (χ0n) is 20.7. The zero-order valence-corrected chi connectivity index (χ0v) is 21.4. The van der Waals surface area contributed by atoms with Gasteiger partial charge in [0.25, 0.3) is 0 Å². The number of amides is 1. The number of aromatic nitrogens is 2. The molecule has 0 aliphatic carbocycles. The molecule has 1 atom stereocenters. The second kappa shape index (κ2) is 9.09. The van der Waals surface area contributed by atoms with Gasteiger partial charge < -0.3 is 15.4 Å². The molecule has 7 nitrogen and oxygen atoms in total. The normalized spacial score (nSPS) is 17.8. The van der Waals surface area contributed by atoms with Crippen molar-refractivity contribution in [1.82, 2.24) is 9.78 Å². The minimum absolute atomic E-state index is 0.0640. The van der Waals surface area contributed by atoms with E-state index >= 15 is 0 Å². The van der Waals surface area contributed by atoms with Crippen molar-refractivity contribution in [1.29, 1.82) is 5.26 Å². The smallest absolute Gasteiger partial charge is 0.248 e. The highest BCUT2D eigenvalue weighted by atomic mass is 35.5. The van der Waals surface area contributed by atoms with E-state index in [1.165, 1.54) is 0 Å². The number of ether oxygens (including phenoxy) is 1. The lowest BCUT2D eigenvalue weighted by Gasteiger charge is -2.33. The first-order valence-electron chi connectivity index (χ1n) is 12.4. The molecule has 1 amide bonds. The van der Waals surface area contributed by atoms with Gasteiger partial charge in [0.2, 0.25) is 17.7 Å². The summed E-state index contributed by atoms with van der Waals surface area (Å²) in [5.41, 5.74) is 9.18. The number of halogens is 1. The molecule has 1 aromatic heterocycles. The Morgan fingerprint density at radius 2 is 1.76 bits per heavy atom. The van der Waals surface area contributed by atoms with E-state index in [-0.39, 0.29) is 23.9 Å². The third-order valence-electron chi connectivity index (χ3n) is 7.17. The van der Waals surface area contributed by atoms with Crippen molar-refractivity contribution in [2.24, 2.45) is 5.73 Å². The summed E-state index contributed by atoms with van der Waals surface area (Å²) < 4.78 is 7.79. The van der Waals surface area contributed by atoms with E-state index in [1.54, 1.807) is 15.6 Å². The van der Waals surface area contributed by atoms with Crippen LogP contribution in [0.15, 0.2) is 90.3 Å². The Labute approximate surface area is 225 Å². The standard InChI is InChI=1S/C30H24ClN5O2/c1-2-10-24-26-28(36(34-24)20-12-4-3-5-13-20)38-27(33)22(17-32)30(26)21-14-7-9-16-25(21)35(29(30)37)18-19-11-6-8-15-23(19)31/h3-9,11-16H,2,10,18,33H2,1H3/t30-/m1/s1. The van der Waals surface area contributed by atoms with Crippen LogP contribution in [0.3, 0.4) is 0 Å². The largest absolute Gasteiger partial charge is 0.422 e. The molecule has 0 saturated heterocycles. The fourth-order valence-electron chi connectivity index (χ4n) is 5.57. The first kappa shape index (κ1) is 23.8. The molecule has 1 spiro atoms. The number of nitriles is 1. The third kappa shape index (κ3) is 3.27. The number of nitrogens with two attached hydrogens (primary N) is 1. The second-order valence-corrected chi connectivity index (χ2v) is 9.73. The van der Waals surface area contributed by atoms with Crippen LogP contribution in [0.5, 0.6) is 5.88 Å². The zero-order chi connectivity index (χ0) is 26.4. The number of carbonyl (C=O) groups excluding carboxylic acids is 1. The third-order valence-corrected chi connectivity index (χ3v) is 7.54. The topological polar surface area (TPSA) is 97.2 Å². The summed E-state index contributed by atoms with van der Waals surface area (Å²) in [6.45, 7) is 2.29. The Morgan fingerprint density at radius 1 is 1.05 bits per heavy atom. The Bertz CT molecular complexity index is 1650. The summed E-state index contributed by atoms with van der Waals surface area (Å²) in [5, 5.41) is 15.9. The first-order chi connectivity index (χ1) is 18.5. The predicted octanol–water partition coefficient (Wildman–Crippen LogP) is 5.40. The Morgan fingerprint density at radius 3 is 2.50 bits per heavy atom. The van der Waals surface area contributed by atoms with Gasteiger partial charge in [-0.1, -0.05) is 79.5 Å². The van der Waals surface area contributed by atoms with Gasteiger partial charge in [0.15, 0.2) is 0 Å². The highest BCUT2D eigenvalue weighted by Gasteiger charge is 2.61. The van der Waals surface area contributed by atoms with Crippen LogP contribution in [0.25, 0.3) is 5.69 Å². The van der Waals surface area contributed by atoms with E-state index < -0.39 is 5.41 Å². The van der Waals surface area contributed by atoms with Gasteiger partial charge in [-0.15, -0.1) is 0 Å². The molecular formula is C30H24ClN5O2. The monoisotopic (exact) mass is 521 g/mol. The van der Waals surface area contributed by atoms with Gasteiger partial charge in [-0.3, -0.25) is 4.79 Å². The number of fused-ring (bicyclic) bond motifs is 4. The summed E-state index contributed by atoms with van der Waals surface area (Å²) in [7, 11) is 0. The quantitative estimate of drug-likeness (QED) is 0.379. The molecule has 0 bridgehead atoms. The van der Waals surface area contributed by atoms with Gasteiger partial charge in [0, 0.05) is 16.3 Å². The van der Waals surface area contributed by atoms with Gasteiger partial charge in [-0.05, 0) is 36.2 Å². The molecule has 0 unspecified atom stereocenters. The molecule has 0 fully saturated rings. The van der Waals surface area contributed by atoms with Gasteiger partial charge in [0.05, 0.1) is 23.5 Å². The number of hydrogen-bond donors (Lipinski definition) is 1. The molecule has 4 aromatic rings. The highest BCUT2D eigenvalue weighted by Crippen LogP contribution is 2.57. The van der Waals surface area contributed by atoms with Crippen LogP contribution in [0.4, 0.5) is 5.69 Å². The average Bonchev–Trinajstić information content (AvgIpc) is 3.40. The van der Waals surface area contributed by atoms with E-state index in [0.717, 1.165) is 17.7 Å². The van der Waals surface area contributed by atoms with Crippen molar-refractivity contribution >= 4 is 23.2 Å². The molecule has 2 aliphatic rings. The molecular weight excluding hydrogens is 498 g/mol. The maximum absolute atomic E-state index is 14.8. The van der Waals surface area contributed by atoms with Crippen LogP contribution in [0.1, 0.15) is 35.7 Å². The summed E-state index contributed by atoms with van der Waals surface area (Å²) >= 11 is 6.50. The fourth-order valence-corrected chi connectivity index (χ4v) is 5.76. The van der Waals surface area contributed by atoms with Crippen LogP contribution >= 0.6 is 11.6 Å². The Balaban J connectivity index is 1.66. The second-order valence-electron chi connectivity index (χ2n) is 9.33. The van der Waals surface area contributed by atoms with E-state index in [1.807, 2.05) is 79.7 Å². The van der Waals surface area contributed by atoms with Crippen LogP contribution in [-0.4, -0.2) is 15.7 Å². The lowest BCUT2D eigenvalue weighted by atomic mass is 9.68. The lowest BCUT2D eigenvalue weighted by molar-refractivity contribution is -0.121. The van der Waals surface area contributed by atoms with Crippen molar-refractivity contribution < 1.29 is 9.53 Å². The van der Waals surface area contributed by atoms with Crippen molar-refractivity contribution in [2.45, 2.75) is 31.7 Å². The molecule has 188 valence electrons. The molecule has 8 heteroatoms. The fraction of sp³-hybridized carbons (Fsp3) is 0.167. The number of anilines is 1. The first-order valence-corrected chi connectivity index (χ1v) is 12.8. The van der Waals surface area contributed by atoms with E-state index in [4.69, 9.17) is 27.2 Å². The molecule has 6 rings (SSSR count).